The van der Waals surface area contributed by atoms with Crippen molar-refractivity contribution in [1.82, 2.24) is 10.2 Å². The number of benzene rings is 2. The third kappa shape index (κ3) is 5.26. The van der Waals surface area contributed by atoms with Gasteiger partial charge in [0.1, 0.15) is 5.75 Å². The highest BCUT2D eigenvalue weighted by atomic mass is 16.5. The average molecular weight is 397 g/mol. The molecular formula is C22H27N3O4. The summed E-state index contributed by atoms with van der Waals surface area (Å²) in [6.07, 6.45) is 1.53. The summed E-state index contributed by atoms with van der Waals surface area (Å²) < 4.78 is 5.17. The number of carbonyl (C=O) groups excluding carboxylic acids is 1. The predicted molar refractivity (Wildman–Crippen MR) is 112 cm³/mol. The molecule has 0 bridgehead atoms. The normalized spacial score (nSPS) is 18.0. The molecule has 0 radical (unpaired) electrons. The molecule has 3 N–H and O–H groups in total. The average Bonchev–Trinajstić information content (AvgIpc) is 2.69. The van der Waals surface area contributed by atoms with Crippen LogP contribution in [0, 0.1) is 0 Å². The Morgan fingerprint density at radius 2 is 1.83 bits per heavy atom. The van der Waals surface area contributed by atoms with E-state index < -0.39 is 5.97 Å². The molecule has 0 spiro atoms. The second kappa shape index (κ2) is 9.43. The molecule has 7 heteroatoms. The maximum atomic E-state index is 12.8. The van der Waals surface area contributed by atoms with E-state index in [4.69, 9.17) is 9.84 Å². The molecule has 1 amide bonds. The van der Waals surface area contributed by atoms with Crippen LogP contribution in [0.5, 0.6) is 5.75 Å². The number of carboxylic acid groups (broad SMARTS) is 1. The second-order valence-electron chi connectivity index (χ2n) is 7.15. The van der Waals surface area contributed by atoms with E-state index in [1.807, 2.05) is 54.3 Å². The number of methoxy groups -OCH3 is 1. The lowest BCUT2D eigenvalue weighted by Gasteiger charge is -2.42. The zero-order valence-electron chi connectivity index (χ0n) is 16.7. The first kappa shape index (κ1) is 20.7. The molecule has 0 aromatic heterocycles. The van der Waals surface area contributed by atoms with Crippen molar-refractivity contribution in [2.45, 2.75) is 31.8 Å². The zero-order valence-corrected chi connectivity index (χ0v) is 16.7. The van der Waals surface area contributed by atoms with Crippen LogP contribution in [0.2, 0.25) is 0 Å². The van der Waals surface area contributed by atoms with Crippen molar-refractivity contribution >= 4 is 23.3 Å². The van der Waals surface area contributed by atoms with Gasteiger partial charge in [-0.25, -0.2) is 0 Å². The summed E-state index contributed by atoms with van der Waals surface area (Å²) in [5.41, 5.74) is 2.17. The van der Waals surface area contributed by atoms with E-state index in [0.717, 1.165) is 30.0 Å². The Labute approximate surface area is 170 Å². The predicted octanol–water partition coefficient (Wildman–Crippen LogP) is 3.11. The molecular weight excluding hydrogens is 370 g/mol. The minimum absolute atomic E-state index is 0.0381. The Morgan fingerprint density at radius 1 is 1.14 bits per heavy atom. The van der Waals surface area contributed by atoms with Gasteiger partial charge in [-0.05, 0) is 55.8 Å². The summed E-state index contributed by atoms with van der Waals surface area (Å²) in [5.74, 6) is -0.186. The van der Waals surface area contributed by atoms with Crippen LogP contribution in [0.3, 0.4) is 0 Å². The van der Waals surface area contributed by atoms with Crippen molar-refractivity contribution < 1.29 is 19.4 Å². The lowest BCUT2D eigenvalue weighted by atomic mass is 9.85. The standard InChI is InChI=1S/C22H27N3O4/c1-3-25(14-21(26)27)17-12-16(13-17)24-22(28)19-6-4-5-7-20(19)23-15-8-10-18(29-2)11-9-15/h4-11,16-17,23H,3,12-14H2,1-2H3,(H,24,28)(H,26,27). The first-order valence-corrected chi connectivity index (χ1v) is 9.77. The van der Waals surface area contributed by atoms with Gasteiger partial charge < -0.3 is 20.5 Å². The van der Waals surface area contributed by atoms with Crippen molar-refractivity contribution in [2.75, 3.05) is 25.5 Å². The Bertz CT molecular complexity index is 847. The van der Waals surface area contributed by atoms with E-state index in [-0.39, 0.29) is 24.5 Å². The Hall–Kier alpha value is -3.06. The fourth-order valence-corrected chi connectivity index (χ4v) is 3.56. The van der Waals surface area contributed by atoms with Crippen molar-refractivity contribution in [3.05, 3.63) is 54.1 Å². The number of carbonyl (C=O) groups is 2. The third-order valence-corrected chi connectivity index (χ3v) is 5.25. The lowest BCUT2D eigenvalue weighted by molar-refractivity contribution is -0.139. The number of carboxylic acids is 1. The number of nitrogens with one attached hydrogen (secondary N) is 2. The molecule has 0 atom stereocenters. The van der Waals surface area contributed by atoms with E-state index in [1.165, 1.54) is 0 Å². The molecule has 2 aromatic rings. The summed E-state index contributed by atoms with van der Waals surface area (Å²) >= 11 is 0. The molecule has 1 aliphatic rings. The van der Waals surface area contributed by atoms with Gasteiger partial charge in [0.15, 0.2) is 0 Å². The molecule has 2 aromatic carbocycles. The van der Waals surface area contributed by atoms with Crippen LogP contribution < -0.4 is 15.4 Å². The van der Waals surface area contributed by atoms with Crippen molar-refractivity contribution in [1.29, 1.82) is 0 Å². The SMILES string of the molecule is CCN(CC(=O)O)C1CC(NC(=O)c2ccccc2Nc2ccc(OC)cc2)C1. The fraction of sp³-hybridized carbons (Fsp3) is 0.364. The number of ether oxygens (including phenoxy) is 1. The maximum absolute atomic E-state index is 12.8. The van der Waals surface area contributed by atoms with Gasteiger partial charge in [-0.15, -0.1) is 0 Å². The Morgan fingerprint density at radius 3 is 2.45 bits per heavy atom. The van der Waals surface area contributed by atoms with Crippen LogP contribution in [0.15, 0.2) is 48.5 Å². The molecule has 1 aliphatic carbocycles. The van der Waals surface area contributed by atoms with E-state index in [9.17, 15) is 9.59 Å². The zero-order chi connectivity index (χ0) is 20.8. The minimum Gasteiger partial charge on any atom is -0.497 e. The highest BCUT2D eigenvalue weighted by Crippen LogP contribution is 2.27. The Balaban J connectivity index is 1.60. The van der Waals surface area contributed by atoms with Crippen LogP contribution in [-0.4, -0.2) is 54.2 Å². The lowest BCUT2D eigenvalue weighted by Crippen LogP contribution is -2.54. The van der Waals surface area contributed by atoms with E-state index in [2.05, 4.69) is 10.6 Å². The number of aliphatic carboxylic acids is 1. The number of para-hydroxylation sites is 1. The first-order chi connectivity index (χ1) is 14.0. The summed E-state index contributed by atoms with van der Waals surface area (Å²) in [5, 5.41) is 15.3. The second-order valence-corrected chi connectivity index (χ2v) is 7.15. The molecule has 7 nitrogen and oxygen atoms in total. The number of rotatable bonds is 9. The molecule has 154 valence electrons. The smallest absolute Gasteiger partial charge is 0.317 e. The van der Waals surface area contributed by atoms with Gasteiger partial charge in [0.25, 0.3) is 5.91 Å². The molecule has 0 unspecified atom stereocenters. The monoisotopic (exact) mass is 397 g/mol. The highest BCUT2D eigenvalue weighted by Gasteiger charge is 2.35. The van der Waals surface area contributed by atoms with Gasteiger partial charge in [0.05, 0.1) is 24.9 Å². The molecule has 3 rings (SSSR count). The summed E-state index contributed by atoms with van der Waals surface area (Å²) in [6.45, 7) is 2.68. The van der Waals surface area contributed by atoms with Crippen LogP contribution in [0.4, 0.5) is 11.4 Å². The van der Waals surface area contributed by atoms with Gasteiger partial charge in [-0.2, -0.15) is 0 Å². The van der Waals surface area contributed by atoms with Crippen LogP contribution >= 0.6 is 0 Å². The van der Waals surface area contributed by atoms with Gasteiger partial charge >= 0.3 is 5.97 Å². The largest absolute Gasteiger partial charge is 0.497 e. The molecule has 1 saturated carbocycles. The third-order valence-electron chi connectivity index (χ3n) is 5.25. The van der Waals surface area contributed by atoms with E-state index in [1.54, 1.807) is 13.2 Å². The van der Waals surface area contributed by atoms with Crippen LogP contribution in [0.25, 0.3) is 0 Å². The molecule has 0 aliphatic heterocycles. The Kier molecular flexibility index (Phi) is 6.72. The topological polar surface area (TPSA) is 90.9 Å². The first-order valence-electron chi connectivity index (χ1n) is 9.77. The molecule has 29 heavy (non-hydrogen) atoms. The van der Waals surface area contributed by atoms with Crippen molar-refractivity contribution in [3.63, 3.8) is 0 Å². The maximum Gasteiger partial charge on any atom is 0.317 e. The summed E-state index contributed by atoms with van der Waals surface area (Å²) in [4.78, 5) is 25.7. The number of anilines is 2. The van der Waals surface area contributed by atoms with Gasteiger partial charge in [0.2, 0.25) is 0 Å². The summed E-state index contributed by atoms with van der Waals surface area (Å²) in [6, 6.07) is 15.1. The number of hydrogen-bond donors (Lipinski definition) is 3. The quantitative estimate of drug-likeness (QED) is 0.602. The molecule has 1 fully saturated rings. The van der Waals surface area contributed by atoms with Gasteiger partial charge in [-0.3, -0.25) is 14.5 Å². The highest BCUT2D eigenvalue weighted by molar-refractivity contribution is 6.00. The molecule has 0 saturated heterocycles. The van der Waals surface area contributed by atoms with Crippen molar-refractivity contribution in [2.24, 2.45) is 0 Å². The number of nitrogens with zero attached hydrogens (tertiary/aromatic N) is 1. The van der Waals surface area contributed by atoms with Gasteiger partial charge in [0, 0.05) is 17.8 Å². The van der Waals surface area contributed by atoms with Crippen molar-refractivity contribution in [3.8, 4) is 5.75 Å². The number of hydrogen-bond acceptors (Lipinski definition) is 5. The van der Waals surface area contributed by atoms with Gasteiger partial charge in [-0.1, -0.05) is 19.1 Å². The molecule has 0 heterocycles. The van der Waals surface area contributed by atoms with E-state index >= 15 is 0 Å². The number of likely N-dealkylation sites (N-methyl/N-ethyl adjacent to an activating group) is 1. The van der Waals surface area contributed by atoms with Crippen LogP contribution in [-0.2, 0) is 4.79 Å². The van der Waals surface area contributed by atoms with E-state index in [0.29, 0.717) is 12.1 Å². The van der Waals surface area contributed by atoms with Crippen LogP contribution in [0.1, 0.15) is 30.1 Å². The fourth-order valence-electron chi connectivity index (χ4n) is 3.56. The summed E-state index contributed by atoms with van der Waals surface area (Å²) in [7, 11) is 1.62. The number of amides is 1. The minimum atomic E-state index is -0.821.